The van der Waals surface area contributed by atoms with Gasteiger partial charge in [-0.15, -0.1) is 11.6 Å². The highest BCUT2D eigenvalue weighted by Crippen LogP contribution is 2.22. The van der Waals surface area contributed by atoms with Crippen LogP contribution in [0.15, 0.2) is 12.1 Å². The molecule has 1 rings (SSSR count). The number of hydrogen-bond donors (Lipinski definition) is 1. The molecule has 1 heterocycles. The Morgan fingerprint density at radius 2 is 2.17 bits per heavy atom. The lowest BCUT2D eigenvalue weighted by atomic mass is 10.3. The van der Waals surface area contributed by atoms with E-state index in [1.807, 2.05) is 0 Å². The predicted octanol–water partition coefficient (Wildman–Crippen LogP) is 2.46. The summed E-state index contributed by atoms with van der Waals surface area (Å²) in [7, 11) is 0. The van der Waals surface area contributed by atoms with Gasteiger partial charge in [-0.25, -0.2) is 13.8 Å². The second-order valence-corrected chi connectivity index (χ2v) is 2.40. The minimum atomic E-state index is -2.63. The molecular weight excluding hydrogens is 188 g/mol. The van der Waals surface area contributed by atoms with Crippen molar-refractivity contribution in [3.63, 3.8) is 0 Å². The smallest absolute Gasteiger partial charge is 0.280 e. The summed E-state index contributed by atoms with van der Waals surface area (Å²) >= 11 is 5.34. The van der Waals surface area contributed by atoms with Crippen LogP contribution in [0, 0.1) is 0 Å². The van der Waals surface area contributed by atoms with Gasteiger partial charge in [-0.3, -0.25) is 0 Å². The maximum Gasteiger partial charge on any atom is 0.280 e. The molecule has 1 aromatic heterocycles. The van der Waals surface area contributed by atoms with Gasteiger partial charge in [0.2, 0.25) is 0 Å². The Hall–Kier alpha value is -0.900. The van der Waals surface area contributed by atoms with E-state index in [1.54, 1.807) is 0 Å². The van der Waals surface area contributed by atoms with Crippen LogP contribution in [-0.4, -0.2) is 10.1 Å². The lowest BCUT2D eigenvalue weighted by Crippen LogP contribution is -1.94. The topological polar surface area (TPSA) is 33.1 Å². The Bertz CT molecular complexity index is 280. The van der Waals surface area contributed by atoms with Crippen LogP contribution in [0.5, 0.6) is 5.75 Å². The number of alkyl halides is 3. The number of halogens is 3. The van der Waals surface area contributed by atoms with Crippen LogP contribution in [0.1, 0.15) is 17.8 Å². The summed E-state index contributed by atoms with van der Waals surface area (Å²) in [5, 5.41) is 9.02. The van der Waals surface area contributed by atoms with Crippen molar-refractivity contribution >= 4 is 11.6 Å². The van der Waals surface area contributed by atoms with Crippen LogP contribution in [-0.2, 0) is 5.88 Å². The molecule has 1 N–H and O–H groups in total. The lowest BCUT2D eigenvalue weighted by Gasteiger charge is -2.02. The average molecular weight is 194 g/mol. The third kappa shape index (κ3) is 1.82. The summed E-state index contributed by atoms with van der Waals surface area (Å²) < 4.78 is 24.1. The number of nitrogens with zero attached hydrogens (tertiary/aromatic N) is 1. The molecule has 0 fully saturated rings. The van der Waals surface area contributed by atoms with Crippen molar-refractivity contribution in [1.82, 2.24) is 4.98 Å². The minimum absolute atomic E-state index is 0.0770. The van der Waals surface area contributed by atoms with Crippen LogP contribution in [0.25, 0.3) is 0 Å². The number of hydrogen-bond acceptors (Lipinski definition) is 2. The first kappa shape index (κ1) is 9.19. The van der Waals surface area contributed by atoms with Gasteiger partial charge in [0.05, 0.1) is 11.6 Å². The van der Waals surface area contributed by atoms with Gasteiger partial charge in [-0.2, -0.15) is 0 Å². The van der Waals surface area contributed by atoms with Gasteiger partial charge in [-0.1, -0.05) is 0 Å². The van der Waals surface area contributed by atoms with Crippen molar-refractivity contribution in [2.75, 3.05) is 0 Å². The number of pyridine rings is 1. The average Bonchev–Trinajstić information content (AvgIpc) is 2.05. The SMILES string of the molecule is Oc1ccc(C(F)F)nc1CCl. The molecule has 0 aliphatic rings. The predicted molar refractivity (Wildman–Crippen MR) is 40.4 cm³/mol. The molecule has 0 aromatic carbocycles. The number of aromatic hydroxyl groups is 1. The number of aromatic nitrogens is 1. The standard InChI is InChI=1S/C7H6ClF2NO/c8-3-5-6(12)2-1-4(11-5)7(9)10/h1-2,7,12H,3H2. The second kappa shape index (κ2) is 3.67. The van der Waals surface area contributed by atoms with Gasteiger partial charge >= 0.3 is 0 Å². The molecule has 0 atom stereocenters. The first-order valence-electron chi connectivity index (χ1n) is 3.18. The third-order valence-electron chi connectivity index (χ3n) is 1.32. The van der Waals surface area contributed by atoms with E-state index < -0.39 is 6.43 Å². The van der Waals surface area contributed by atoms with Crippen molar-refractivity contribution in [1.29, 1.82) is 0 Å². The molecule has 12 heavy (non-hydrogen) atoms. The van der Waals surface area contributed by atoms with Gasteiger partial charge < -0.3 is 5.11 Å². The van der Waals surface area contributed by atoms with Crippen LogP contribution >= 0.6 is 11.6 Å². The molecule has 5 heteroatoms. The Morgan fingerprint density at radius 1 is 1.50 bits per heavy atom. The van der Waals surface area contributed by atoms with Crippen molar-refractivity contribution in [3.8, 4) is 5.75 Å². The Kier molecular flexibility index (Phi) is 2.81. The first-order valence-corrected chi connectivity index (χ1v) is 3.71. The normalized spacial score (nSPS) is 10.7. The van der Waals surface area contributed by atoms with E-state index in [1.165, 1.54) is 0 Å². The third-order valence-corrected chi connectivity index (χ3v) is 1.57. The zero-order valence-electron chi connectivity index (χ0n) is 5.97. The van der Waals surface area contributed by atoms with Crippen LogP contribution in [0.2, 0.25) is 0 Å². The number of rotatable bonds is 2. The largest absolute Gasteiger partial charge is 0.506 e. The molecular formula is C7H6ClF2NO. The molecule has 0 spiro atoms. The van der Waals surface area contributed by atoms with Gasteiger partial charge in [0.1, 0.15) is 11.4 Å². The van der Waals surface area contributed by atoms with E-state index in [4.69, 9.17) is 16.7 Å². The van der Waals surface area contributed by atoms with E-state index >= 15 is 0 Å². The van der Waals surface area contributed by atoms with E-state index in [-0.39, 0.29) is 23.0 Å². The molecule has 0 aliphatic carbocycles. The van der Waals surface area contributed by atoms with Gasteiger partial charge in [0, 0.05) is 0 Å². The summed E-state index contributed by atoms with van der Waals surface area (Å²) in [6.07, 6.45) is -2.63. The maximum absolute atomic E-state index is 12.0. The zero-order valence-corrected chi connectivity index (χ0v) is 6.72. The van der Waals surface area contributed by atoms with Gasteiger partial charge in [-0.05, 0) is 12.1 Å². The molecule has 0 bridgehead atoms. The van der Waals surface area contributed by atoms with E-state index in [2.05, 4.69) is 4.98 Å². The monoisotopic (exact) mass is 193 g/mol. The van der Waals surface area contributed by atoms with Crippen molar-refractivity contribution in [3.05, 3.63) is 23.5 Å². The van der Waals surface area contributed by atoms with Gasteiger partial charge in [0.25, 0.3) is 6.43 Å². The van der Waals surface area contributed by atoms with Crippen LogP contribution < -0.4 is 0 Å². The molecule has 0 saturated carbocycles. The fraction of sp³-hybridized carbons (Fsp3) is 0.286. The van der Waals surface area contributed by atoms with E-state index in [9.17, 15) is 8.78 Å². The van der Waals surface area contributed by atoms with E-state index in [0.717, 1.165) is 12.1 Å². The fourth-order valence-electron chi connectivity index (χ4n) is 0.731. The van der Waals surface area contributed by atoms with Crippen molar-refractivity contribution in [2.45, 2.75) is 12.3 Å². The molecule has 0 aliphatic heterocycles. The summed E-state index contributed by atoms with van der Waals surface area (Å²) in [6, 6.07) is 2.22. The first-order chi connectivity index (χ1) is 5.65. The fourth-order valence-corrected chi connectivity index (χ4v) is 0.927. The Labute approximate surface area is 72.8 Å². The quantitative estimate of drug-likeness (QED) is 0.732. The summed E-state index contributed by atoms with van der Waals surface area (Å²) in [4.78, 5) is 3.46. The molecule has 0 saturated heterocycles. The summed E-state index contributed by atoms with van der Waals surface area (Å²) in [6.45, 7) is 0. The molecule has 0 unspecified atom stereocenters. The Balaban J connectivity index is 3.05. The lowest BCUT2D eigenvalue weighted by molar-refractivity contribution is 0.145. The van der Waals surface area contributed by atoms with Crippen molar-refractivity contribution < 1.29 is 13.9 Å². The minimum Gasteiger partial charge on any atom is -0.506 e. The summed E-state index contributed by atoms with van der Waals surface area (Å²) in [5.41, 5.74) is -0.294. The highest BCUT2D eigenvalue weighted by molar-refractivity contribution is 6.17. The maximum atomic E-state index is 12.0. The molecule has 66 valence electrons. The highest BCUT2D eigenvalue weighted by Gasteiger charge is 2.11. The molecule has 0 radical (unpaired) electrons. The van der Waals surface area contributed by atoms with Crippen molar-refractivity contribution in [2.24, 2.45) is 0 Å². The zero-order chi connectivity index (χ0) is 9.14. The molecule has 1 aromatic rings. The summed E-state index contributed by atoms with van der Waals surface area (Å²) in [5.74, 6) is -0.235. The second-order valence-electron chi connectivity index (χ2n) is 2.14. The van der Waals surface area contributed by atoms with Gasteiger partial charge in [0.15, 0.2) is 0 Å². The highest BCUT2D eigenvalue weighted by atomic mass is 35.5. The Morgan fingerprint density at radius 3 is 2.67 bits per heavy atom. The van der Waals surface area contributed by atoms with E-state index in [0.29, 0.717) is 0 Å². The van der Waals surface area contributed by atoms with Crippen LogP contribution in [0.4, 0.5) is 8.78 Å². The molecule has 2 nitrogen and oxygen atoms in total. The molecule has 0 amide bonds. The van der Waals surface area contributed by atoms with Crippen LogP contribution in [0.3, 0.4) is 0 Å².